The van der Waals surface area contributed by atoms with Gasteiger partial charge in [-0.3, -0.25) is 0 Å². The Hall–Kier alpha value is -0.750. The van der Waals surface area contributed by atoms with Gasteiger partial charge in [0.15, 0.2) is 0 Å². The zero-order valence-electron chi connectivity index (χ0n) is 9.06. The molecule has 92 valence electrons. The molecule has 0 aliphatic heterocycles. The summed E-state index contributed by atoms with van der Waals surface area (Å²) in [4.78, 5) is 0.772. The SMILES string of the molecule is OC(c1cc2sccc2s1)c1cc(Br)ccc1F. The standard InChI is InChI=1S/C13H8BrFOS2/c14-7-1-2-9(15)8(5-7)13(16)12-6-11-10(18-12)3-4-17-11/h1-6,13,16H. The summed E-state index contributed by atoms with van der Waals surface area (Å²) in [7, 11) is 0. The maximum atomic E-state index is 13.7. The molecule has 0 radical (unpaired) electrons. The van der Waals surface area contributed by atoms with Crippen LogP contribution in [0.4, 0.5) is 4.39 Å². The highest BCUT2D eigenvalue weighted by Gasteiger charge is 2.18. The molecule has 3 aromatic rings. The van der Waals surface area contributed by atoms with Crippen molar-refractivity contribution in [3.63, 3.8) is 0 Å². The topological polar surface area (TPSA) is 20.2 Å². The van der Waals surface area contributed by atoms with E-state index in [-0.39, 0.29) is 5.82 Å². The van der Waals surface area contributed by atoms with Gasteiger partial charge in [-0.15, -0.1) is 22.7 Å². The van der Waals surface area contributed by atoms with Gasteiger partial charge < -0.3 is 5.11 Å². The van der Waals surface area contributed by atoms with Crippen LogP contribution in [0.2, 0.25) is 0 Å². The lowest BCUT2D eigenvalue weighted by atomic mass is 10.1. The molecule has 1 atom stereocenters. The third kappa shape index (κ3) is 2.12. The second-order valence-electron chi connectivity index (χ2n) is 3.87. The number of benzene rings is 1. The lowest BCUT2D eigenvalue weighted by Crippen LogP contribution is -2.00. The molecule has 18 heavy (non-hydrogen) atoms. The first-order chi connectivity index (χ1) is 8.65. The Balaban J connectivity index is 2.05. The van der Waals surface area contributed by atoms with Crippen LogP contribution in [0.3, 0.4) is 0 Å². The first kappa shape index (κ1) is 12.3. The first-order valence-electron chi connectivity index (χ1n) is 5.25. The smallest absolute Gasteiger partial charge is 0.129 e. The van der Waals surface area contributed by atoms with Gasteiger partial charge >= 0.3 is 0 Å². The number of fused-ring (bicyclic) bond motifs is 1. The van der Waals surface area contributed by atoms with Gasteiger partial charge in [-0.05, 0) is 35.7 Å². The maximum absolute atomic E-state index is 13.7. The molecule has 0 amide bonds. The van der Waals surface area contributed by atoms with Crippen molar-refractivity contribution in [3.8, 4) is 0 Å². The van der Waals surface area contributed by atoms with Gasteiger partial charge in [0.25, 0.3) is 0 Å². The van der Waals surface area contributed by atoms with E-state index in [2.05, 4.69) is 15.9 Å². The van der Waals surface area contributed by atoms with Crippen molar-refractivity contribution in [1.29, 1.82) is 0 Å². The molecule has 1 unspecified atom stereocenters. The number of hydrogen-bond acceptors (Lipinski definition) is 3. The van der Waals surface area contributed by atoms with E-state index in [1.807, 2.05) is 17.5 Å². The first-order valence-corrected chi connectivity index (χ1v) is 7.74. The van der Waals surface area contributed by atoms with E-state index in [0.717, 1.165) is 18.7 Å². The average molecular weight is 343 g/mol. The Kier molecular flexibility index (Phi) is 3.23. The molecule has 1 nitrogen and oxygen atoms in total. The van der Waals surface area contributed by atoms with Crippen LogP contribution in [-0.4, -0.2) is 5.11 Å². The van der Waals surface area contributed by atoms with Crippen LogP contribution in [0.25, 0.3) is 9.40 Å². The zero-order valence-corrected chi connectivity index (χ0v) is 12.3. The predicted octanol–water partition coefficient (Wildman–Crippen LogP) is 4.95. The van der Waals surface area contributed by atoms with Gasteiger partial charge in [0.1, 0.15) is 11.9 Å². The fourth-order valence-electron chi connectivity index (χ4n) is 1.80. The van der Waals surface area contributed by atoms with Crippen molar-refractivity contribution in [2.45, 2.75) is 6.10 Å². The van der Waals surface area contributed by atoms with Crippen LogP contribution in [0, 0.1) is 5.82 Å². The van der Waals surface area contributed by atoms with Crippen LogP contribution in [0.1, 0.15) is 16.5 Å². The largest absolute Gasteiger partial charge is 0.383 e. The molecule has 3 rings (SSSR count). The normalized spacial score (nSPS) is 13.1. The molecule has 0 saturated carbocycles. The lowest BCUT2D eigenvalue weighted by molar-refractivity contribution is 0.219. The Morgan fingerprint density at radius 2 is 2.00 bits per heavy atom. The summed E-state index contributed by atoms with van der Waals surface area (Å²) in [6.07, 6.45) is -0.910. The highest BCUT2D eigenvalue weighted by atomic mass is 79.9. The van der Waals surface area contributed by atoms with Crippen LogP contribution in [0.5, 0.6) is 0 Å². The fourth-order valence-corrected chi connectivity index (χ4v) is 4.30. The lowest BCUT2D eigenvalue weighted by Gasteiger charge is -2.10. The summed E-state index contributed by atoms with van der Waals surface area (Å²) in [6, 6.07) is 8.54. The van der Waals surface area contributed by atoms with Crippen LogP contribution in [0.15, 0.2) is 40.2 Å². The Bertz CT molecular complexity index is 675. The van der Waals surface area contributed by atoms with Crippen molar-refractivity contribution < 1.29 is 9.50 Å². The van der Waals surface area contributed by atoms with E-state index in [4.69, 9.17) is 0 Å². The Labute approximate surface area is 120 Å². The minimum absolute atomic E-state index is 0.304. The monoisotopic (exact) mass is 342 g/mol. The molecule has 0 fully saturated rings. The van der Waals surface area contributed by atoms with Gasteiger partial charge in [0.2, 0.25) is 0 Å². The fraction of sp³-hybridized carbons (Fsp3) is 0.0769. The average Bonchev–Trinajstić information content (AvgIpc) is 2.91. The Morgan fingerprint density at radius 1 is 1.17 bits per heavy atom. The number of thiophene rings is 2. The molecular formula is C13H8BrFOS2. The molecule has 0 saturated heterocycles. The summed E-state index contributed by atoms with van der Waals surface area (Å²) in [6.45, 7) is 0. The summed E-state index contributed by atoms with van der Waals surface area (Å²) >= 11 is 6.42. The van der Waals surface area contributed by atoms with Gasteiger partial charge in [-0.25, -0.2) is 4.39 Å². The van der Waals surface area contributed by atoms with Crippen LogP contribution >= 0.6 is 38.6 Å². The van der Waals surface area contributed by atoms with Gasteiger partial charge in [-0.2, -0.15) is 0 Å². The maximum Gasteiger partial charge on any atom is 0.129 e. The van der Waals surface area contributed by atoms with Crippen molar-refractivity contribution in [2.75, 3.05) is 0 Å². The van der Waals surface area contributed by atoms with E-state index in [0.29, 0.717) is 5.56 Å². The van der Waals surface area contributed by atoms with Crippen molar-refractivity contribution in [3.05, 3.63) is 56.4 Å². The summed E-state index contributed by atoms with van der Waals surface area (Å²) in [5.74, 6) is -0.387. The molecule has 0 spiro atoms. The van der Waals surface area contributed by atoms with E-state index >= 15 is 0 Å². The number of rotatable bonds is 2. The van der Waals surface area contributed by atoms with Gasteiger partial charge in [0, 0.05) is 24.3 Å². The number of halogens is 2. The van der Waals surface area contributed by atoms with Gasteiger partial charge in [-0.1, -0.05) is 15.9 Å². The molecule has 5 heteroatoms. The summed E-state index contributed by atoms with van der Waals surface area (Å²) in [5, 5.41) is 12.3. The van der Waals surface area contributed by atoms with E-state index in [1.165, 1.54) is 17.4 Å². The summed E-state index contributed by atoms with van der Waals surface area (Å²) < 4.78 is 16.7. The molecule has 0 aliphatic rings. The zero-order chi connectivity index (χ0) is 12.7. The molecule has 2 heterocycles. The second kappa shape index (κ2) is 4.74. The van der Waals surface area contributed by atoms with Crippen LogP contribution < -0.4 is 0 Å². The molecular weight excluding hydrogens is 335 g/mol. The predicted molar refractivity (Wildman–Crippen MR) is 77.9 cm³/mol. The number of aliphatic hydroxyl groups is 1. The third-order valence-electron chi connectivity index (χ3n) is 2.68. The molecule has 2 aromatic heterocycles. The Morgan fingerprint density at radius 3 is 2.78 bits per heavy atom. The van der Waals surface area contributed by atoms with Gasteiger partial charge in [0.05, 0.1) is 0 Å². The van der Waals surface area contributed by atoms with E-state index < -0.39 is 6.10 Å². The van der Waals surface area contributed by atoms with E-state index in [1.54, 1.807) is 23.5 Å². The minimum atomic E-state index is -0.910. The highest BCUT2D eigenvalue weighted by Crippen LogP contribution is 2.36. The summed E-state index contributed by atoms with van der Waals surface area (Å²) in [5.41, 5.74) is 0.304. The highest BCUT2D eigenvalue weighted by molar-refractivity contribution is 9.10. The van der Waals surface area contributed by atoms with Crippen molar-refractivity contribution in [2.24, 2.45) is 0 Å². The van der Waals surface area contributed by atoms with Crippen molar-refractivity contribution >= 4 is 48.0 Å². The molecule has 0 bridgehead atoms. The quantitative estimate of drug-likeness (QED) is 0.698. The molecule has 1 aromatic carbocycles. The molecule has 1 N–H and O–H groups in total. The third-order valence-corrected chi connectivity index (χ3v) is 5.32. The number of aliphatic hydroxyl groups excluding tert-OH is 1. The minimum Gasteiger partial charge on any atom is -0.383 e. The second-order valence-corrected chi connectivity index (χ2v) is 6.84. The van der Waals surface area contributed by atoms with E-state index in [9.17, 15) is 9.50 Å². The molecule has 0 aliphatic carbocycles. The number of hydrogen-bond donors (Lipinski definition) is 1. The van der Waals surface area contributed by atoms with Crippen LogP contribution in [-0.2, 0) is 0 Å². The van der Waals surface area contributed by atoms with Crippen molar-refractivity contribution in [1.82, 2.24) is 0 Å².